The van der Waals surface area contributed by atoms with E-state index in [1.165, 1.54) is 0 Å². The maximum atomic E-state index is 10.5. The van der Waals surface area contributed by atoms with Crippen molar-refractivity contribution in [2.75, 3.05) is 0 Å². The lowest BCUT2D eigenvalue weighted by Gasteiger charge is -2.13. The number of pyridine rings is 1. The topological polar surface area (TPSA) is 33.1 Å². The summed E-state index contributed by atoms with van der Waals surface area (Å²) in [6.45, 7) is 0. The number of halogens is 2. The van der Waals surface area contributed by atoms with Crippen molar-refractivity contribution < 1.29 is 5.11 Å². The van der Waals surface area contributed by atoms with Crippen LogP contribution in [0.1, 0.15) is 17.2 Å². The molecule has 20 heavy (non-hydrogen) atoms. The molecule has 1 heterocycles. The molecule has 0 radical (unpaired) electrons. The highest BCUT2D eigenvalue weighted by Crippen LogP contribution is 2.29. The molecule has 2 nitrogen and oxygen atoms in total. The third-order valence-electron chi connectivity index (χ3n) is 3.14. The van der Waals surface area contributed by atoms with Crippen LogP contribution in [-0.2, 0) is 0 Å². The fraction of sp³-hybridized carbons (Fsp3) is 0.0625. The summed E-state index contributed by atoms with van der Waals surface area (Å²) >= 11 is 6.88. The van der Waals surface area contributed by atoms with Crippen molar-refractivity contribution in [1.29, 1.82) is 0 Å². The molecule has 2 aromatic carbocycles. The van der Waals surface area contributed by atoms with Crippen molar-refractivity contribution in [3.63, 3.8) is 0 Å². The van der Waals surface area contributed by atoms with Gasteiger partial charge in [0.15, 0.2) is 0 Å². The second kappa shape index (κ2) is 5.64. The summed E-state index contributed by atoms with van der Waals surface area (Å²) < 4.78 is 1.87. The third kappa shape index (κ3) is 2.77. The Morgan fingerprint density at radius 2 is 1.65 bits per heavy atom. The molecule has 1 unspecified atom stereocenters. The molecule has 0 saturated carbocycles. The summed E-state index contributed by atoms with van der Waals surface area (Å²) in [4.78, 5) is 4.29. The lowest BCUT2D eigenvalue weighted by atomic mass is 10.00. The zero-order chi connectivity index (χ0) is 14.1. The lowest BCUT2D eigenvalue weighted by Crippen LogP contribution is -2.00. The van der Waals surface area contributed by atoms with E-state index < -0.39 is 6.10 Å². The largest absolute Gasteiger partial charge is 0.384 e. The number of benzene rings is 2. The zero-order valence-corrected chi connectivity index (χ0v) is 13.6. The van der Waals surface area contributed by atoms with Gasteiger partial charge >= 0.3 is 0 Å². The van der Waals surface area contributed by atoms with E-state index in [4.69, 9.17) is 0 Å². The van der Waals surface area contributed by atoms with Crippen LogP contribution in [-0.4, -0.2) is 10.1 Å². The Bertz CT molecular complexity index is 753. The Morgan fingerprint density at radius 1 is 0.900 bits per heavy atom. The van der Waals surface area contributed by atoms with Gasteiger partial charge in [0.2, 0.25) is 0 Å². The van der Waals surface area contributed by atoms with Crippen LogP contribution in [0.5, 0.6) is 0 Å². The number of aliphatic hydroxyl groups is 1. The minimum Gasteiger partial charge on any atom is -0.384 e. The molecule has 3 rings (SSSR count). The number of aliphatic hydroxyl groups excluding tert-OH is 1. The zero-order valence-electron chi connectivity index (χ0n) is 10.4. The molecule has 0 aliphatic carbocycles. The van der Waals surface area contributed by atoms with E-state index in [-0.39, 0.29) is 0 Å². The molecule has 1 aromatic heterocycles. The highest BCUT2D eigenvalue weighted by atomic mass is 79.9. The average molecular weight is 393 g/mol. The molecular formula is C16H11Br2NO. The fourth-order valence-corrected chi connectivity index (χ4v) is 3.52. The Kier molecular flexibility index (Phi) is 3.87. The Hall–Kier alpha value is -1.23. The Labute approximate surface area is 133 Å². The van der Waals surface area contributed by atoms with Crippen molar-refractivity contribution in [1.82, 2.24) is 4.98 Å². The van der Waals surface area contributed by atoms with Crippen LogP contribution in [0, 0.1) is 0 Å². The number of hydrogen-bond donors (Lipinski definition) is 1. The van der Waals surface area contributed by atoms with Gasteiger partial charge in [-0.3, -0.25) is 4.98 Å². The van der Waals surface area contributed by atoms with E-state index >= 15 is 0 Å². The minimum absolute atomic E-state index is 0.659. The van der Waals surface area contributed by atoms with E-state index in [2.05, 4.69) is 36.8 Å². The monoisotopic (exact) mass is 391 g/mol. The number of hydrogen-bond acceptors (Lipinski definition) is 2. The maximum absolute atomic E-state index is 10.5. The van der Waals surface area contributed by atoms with Gasteiger partial charge in [-0.15, -0.1) is 0 Å². The van der Waals surface area contributed by atoms with Crippen LogP contribution in [0.15, 0.2) is 63.7 Å². The smallest absolute Gasteiger partial charge is 0.104 e. The second-order valence-electron chi connectivity index (χ2n) is 4.56. The van der Waals surface area contributed by atoms with Crippen LogP contribution < -0.4 is 0 Å². The standard InChI is InChI=1S/C16H11Br2NO/c17-13-7-12(8-14(18)9-13)16(20)11-3-4-15-10(6-11)2-1-5-19-15/h1-9,16,20H. The van der Waals surface area contributed by atoms with Crippen molar-refractivity contribution in [3.8, 4) is 0 Å². The van der Waals surface area contributed by atoms with Crippen LogP contribution in [0.25, 0.3) is 10.9 Å². The van der Waals surface area contributed by atoms with Crippen molar-refractivity contribution >= 4 is 42.8 Å². The first-order valence-corrected chi connectivity index (χ1v) is 7.71. The molecule has 0 aliphatic heterocycles. The van der Waals surface area contributed by atoms with Gasteiger partial charge in [0.05, 0.1) is 5.52 Å². The van der Waals surface area contributed by atoms with Gasteiger partial charge in [-0.05, 0) is 47.5 Å². The molecule has 0 bridgehead atoms. The summed E-state index contributed by atoms with van der Waals surface area (Å²) in [6.07, 6.45) is 1.11. The van der Waals surface area contributed by atoms with Gasteiger partial charge in [0.25, 0.3) is 0 Å². The normalized spacial score (nSPS) is 12.6. The fourth-order valence-electron chi connectivity index (χ4n) is 2.19. The van der Waals surface area contributed by atoms with Gasteiger partial charge in [0.1, 0.15) is 6.10 Å². The van der Waals surface area contributed by atoms with Gasteiger partial charge in [-0.1, -0.05) is 44.0 Å². The number of fused-ring (bicyclic) bond motifs is 1. The quantitative estimate of drug-likeness (QED) is 0.676. The highest BCUT2D eigenvalue weighted by molar-refractivity contribution is 9.11. The van der Waals surface area contributed by atoms with Crippen LogP contribution in [0.2, 0.25) is 0 Å². The molecular weight excluding hydrogens is 382 g/mol. The van der Waals surface area contributed by atoms with Crippen LogP contribution >= 0.6 is 31.9 Å². The first kappa shape index (κ1) is 13.7. The molecule has 0 fully saturated rings. The minimum atomic E-state index is -0.659. The van der Waals surface area contributed by atoms with Crippen LogP contribution in [0.3, 0.4) is 0 Å². The molecule has 0 aliphatic rings. The molecule has 1 atom stereocenters. The molecule has 1 N–H and O–H groups in total. The van der Waals surface area contributed by atoms with Crippen molar-refractivity contribution in [2.45, 2.75) is 6.10 Å². The van der Waals surface area contributed by atoms with Crippen molar-refractivity contribution in [3.05, 3.63) is 74.8 Å². The predicted molar refractivity (Wildman–Crippen MR) is 87.6 cm³/mol. The number of rotatable bonds is 2. The third-order valence-corrected chi connectivity index (χ3v) is 4.06. The van der Waals surface area contributed by atoms with E-state index in [0.717, 1.165) is 31.0 Å². The van der Waals surface area contributed by atoms with E-state index in [1.807, 2.05) is 48.5 Å². The Morgan fingerprint density at radius 3 is 2.40 bits per heavy atom. The SMILES string of the molecule is OC(c1cc(Br)cc(Br)c1)c1ccc2ncccc2c1. The molecule has 3 aromatic rings. The maximum Gasteiger partial charge on any atom is 0.104 e. The average Bonchev–Trinajstić information content (AvgIpc) is 2.45. The number of aromatic nitrogens is 1. The predicted octanol–water partition coefficient (Wildman–Crippen LogP) is 4.84. The second-order valence-corrected chi connectivity index (χ2v) is 6.39. The number of nitrogens with zero attached hydrogens (tertiary/aromatic N) is 1. The van der Waals surface area contributed by atoms with E-state index in [1.54, 1.807) is 6.20 Å². The molecule has 0 saturated heterocycles. The summed E-state index contributed by atoms with van der Waals surface area (Å²) in [7, 11) is 0. The highest BCUT2D eigenvalue weighted by Gasteiger charge is 2.12. The van der Waals surface area contributed by atoms with Crippen LogP contribution in [0.4, 0.5) is 0 Å². The van der Waals surface area contributed by atoms with E-state index in [9.17, 15) is 5.11 Å². The summed E-state index contributed by atoms with van der Waals surface area (Å²) in [5, 5.41) is 11.6. The first-order valence-electron chi connectivity index (χ1n) is 6.12. The molecule has 0 amide bonds. The van der Waals surface area contributed by atoms with Gasteiger partial charge in [-0.2, -0.15) is 0 Å². The van der Waals surface area contributed by atoms with Gasteiger partial charge < -0.3 is 5.11 Å². The molecule has 0 spiro atoms. The lowest BCUT2D eigenvalue weighted by molar-refractivity contribution is 0.220. The summed E-state index contributed by atoms with van der Waals surface area (Å²) in [5.74, 6) is 0. The molecule has 100 valence electrons. The summed E-state index contributed by atoms with van der Waals surface area (Å²) in [6, 6.07) is 15.5. The van der Waals surface area contributed by atoms with Gasteiger partial charge in [-0.25, -0.2) is 0 Å². The van der Waals surface area contributed by atoms with Gasteiger partial charge in [0, 0.05) is 20.5 Å². The Balaban J connectivity index is 2.05. The van der Waals surface area contributed by atoms with Crippen molar-refractivity contribution in [2.24, 2.45) is 0 Å². The summed E-state index contributed by atoms with van der Waals surface area (Å²) in [5.41, 5.74) is 2.63. The van der Waals surface area contributed by atoms with E-state index in [0.29, 0.717) is 0 Å². The first-order chi connectivity index (χ1) is 9.63. The molecule has 4 heteroatoms.